The Hall–Kier alpha value is -3.04. The van der Waals surface area contributed by atoms with Crippen molar-refractivity contribution >= 4 is 17.2 Å². The third-order valence-corrected chi connectivity index (χ3v) is 4.43. The Kier molecular flexibility index (Phi) is 5.17. The van der Waals surface area contributed by atoms with Crippen LogP contribution in [0.2, 0.25) is 0 Å². The van der Waals surface area contributed by atoms with E-state index in [4.69, 9.17) is 6.42 Å². The van der Waals surface area contributed by atoms with Gasteiger partial charge in [-0.15, -0.1) is 17.8 Å². The van der Waals surface area contributed by atoms with E-state index in [1.165, 1.54) is 16.9 Å². The van der Waals surface area contributed by atoms with Crippen molar-refractivity contribution in [1.82, 2.24) is 19.9 Å². The quantitative estimate of drug-likeness (QED) is 0.665. The maximum Gasteiger partial charge on any atom is 0.274 e. The van der Waals surface area contributed by atoms with E-state index in [1.807, 2.05) is 31.2 Å². The molecule has 6 heteroatoms. The zero-order valence-electron chi connectivity index (χ0n) is 13.7. The van der Waals surface area contributed by atoms with Crippen molar-refractivity contribution in [2.24, 2.45) is 0 Å². The molecule has 25 heavy (non-hydrogen) atoms. The molecule has 0 aliphatic rings. The van der Waals surface area contributed by atoms with Crippen molar-refractivity contribution in [2.75, 3.05) is 6.54 Å². The third-order valence-electron chi connectivity index (χ3n) is 3.57. The van der Waals surface area contributed by atoms with E-state index in [9.17, 15) is 4.79 Å². The van der Waals surface area contributed by atoms with E-state index in [2.05, 4.69) is 20.9 Å². The lowest BCUT2D eigenvalue weighted by Crippen LogP contribution is -2.31. The van der Waals surface area contributed by atoms with Crippen molar-refractivity contribution < 1.29 is 4.79 Å². The maximum absolute atomic E-state index is 12.8. The summed E-state index contributed by atoms with van der Waals surface area (Å²) in [7, 11) is 0. The van der Waals surface area contributed by atoms with E-state index < -0.39 is 0 Å². The van der Waals surface area contributed by atoms with Gasteiger partial charge in [-0.2, -0.15) is 0 Å². The number of thiazole rings is 1. The molecule has 1 amide bonds. The number of carbonyl (C=O) groups is 1. The average molecular weight is 348 g/mol. The summed E-state index contributed by atoms with van der Waals surface area (Å²) in [5.41, 5.74) is 3.21. The summed E-state index contributed by atoms with van der Waals surface area (Å²) in [5, 5.41) is 2.39. The molecule has 0 spiro atoms. The van der Waals surface area contributed by atoms with Gasteiger partial charge in [-0.25, -0.2) is 4.98 Å². The van der Waals surface area contributed by atoms with Gasteiger partial charge in [0, 0.05) is 24.3 Å². The molecule has 3 rings (SSSR count). The van der Waals surface area contributed by atoms with E-state index in [0.717, 1.165) is 5.56 Å². The van der Waals surface area contributed by atoms with Crippen LogP contribution < -0.4 is 0 Å². The van der Waals surface area contributed by atoms with Gasteiger partial charge >= 0.3 is 0 Å². The topological polar surface area (TPSA) is 59.0 Å². The van der Waals surface area contributed by atoms with Crippen molar-refractivity contribution in [3.8, 4) is 23.0 Å². The van der Waals surface area contributed by atoms with Crippen molar-refractivity contribution in [2.45, 2.75) is 13.5 Å². The van der Waals surface area contributed by atoms with Gasteiger partial charge in [0.05, 0.1) is 12.7 Å². The van der Waals surface area contributed by atoms with Crippen LogP contribution in [0.1, 0.15) is 21.6 Å². The van der Waals surface area contributed by atoms with Crippen LogP contribution in [0, 0.1) is 19.3 Å². The lowest BCUT2D eigenvalue weighted by molar-refractivity contribution is 0.0761. The predicted molar refractivity (Wildman–Crippen MR) is 97.9 cm³/mol. The Morgan fingerprint density at radius 3 is 2.76 bits per heavy atom. The van der Waals surface area contributed by atoms with Gasteiger partial charge in [0.25, 0.3) is 5.91 Å². The Balaban J connectivity index is 1.80. The highest BCUT2D eigenvalue weighted by atomic mass is 32.1. The Morgan fingerprint density at radius 1 is 1.28 bits per heavy atom. The SMILES string of the molecule is C#CCN(Cc1ccc(C)cc1)C(=O)c1csc(-c2cnccn2)n1. The van der Waals surface area contributed by atoms with Gasteiger partial charge < -0.3 is 4.90 Å². The summed E-state index contributed by atoms with van der Waals surface area (Å²) in [6.07, 6.45) is 10.3. The van der Waals surface area contributed by atoms with Crippen molar-refractivity contribution in [3.05, 3.63) is 65.1 Å². The smallest absolute Gasteiger partial charge is 0.274 e. The average Bonchev–Trinajstić information content (AvgIpc) is 3.13. The second kappa shape index (κ2) is 7.69. The first-order valence-corrected chi connectivity index (χ1v) is 8.55. The lowest BCUT2D eigenvalue weighted by Gasteiger charge is -2.19. The molecule has 0 radical (unpaired) electrons. The number of hydrogen-bond donors (Lipinski definition) is 0. The summed E-state index contributed by atoms with van der Waals surface area (Å²) >= 11 is 1.36. The minimum absolute atomic E-state index is 0.190. The summed E-state index contributed by atoms with van der Waals surface area (Å²) < 4.78 is 0. The molecular weight excluding hydrogens is 332 g/mol. The molecule has 0 atom stereocenters. The number of nitrogens with zero attached hydrogens (tertiary/aromatic N) is 4. The molecule has 0 saturated carbocycles. The van der Waals surface area contributed by atoms with Gasteiger partial charge in [0.1, 0.15) is 16.4 Å². The lowest BCUT2D eigenvalue weighted by atomic mass is 10.1. The van der Waals surface area contributed by atoms with E-state index in [0.29, 0.717) is 22.9 Å². The normalized spacial score (nSPS) is 10.2. The fourth-order valence-electron chi connectivity index (χ4n) is 2.28. The van der Waals surface area contributed by atoms with Crippen LogP contribution in [-0.4, -0.2) is 32.3 Å². The number of benzene rings is 1. The molecule has 0 aliphatic heterocycles. The molecule has 2 aromatic heterocycles. The van der Waals surface area contributed by atoms with Crippen LogP contribution in [0.15, 0.2) is 48.2 Å². The van der Waals surface area contributed by atoms with Crippen molar-refractivity contribution in [1.29, 1.82) is 0 Å². The number of terminal acetylenes is 1. The minimum Gasteiger partial charge on any atom is -0.322 e. The minimum atomic E-state index is -0.190. The standard InChI is InChI=1S/C19H16N4OS/c1-3-10-23(12-15-6-4-14(2)5-7-15)19(24)17-13-25-18(22-17)16-11-20-8-9-21-16/h1,4-9,11,13H,10,12H2,2H3. The molecule has 3 aromatic rings. The van der Waals surface area contributed by atoms with Crippen LogP contribution in [0.5, 0.6) is 0 Å². The summed E-state index contributed by atoms with van der Waals surface area (Å²) in [4.78, 5) is 27.0. The second-order valence-electron chi connectivity index (χ2n) is 5.48. The number of amides is 1. The van der Waals surface area contributed by atoms with Crippen molar-refractivity contribution in [3.63, 3.8) is 0 Å². The monoisotopic (exact) mass is 348 g/mol. The second-order valence-corrected chi connectivity index (χ2v) is 6.34. The Morgan fingerprint density at radius 2 is 2.08 bits per heavy atom. The maximum atomic E-state index is 12.8. The summed E-state index contributed by atoms with van der Waals surface area (Å²) in [5.74, 6) is 2.36. The summed E-state index contributed by atoms with van der Waals surface area (Å²) in [6.45, 7) is 2.70. The van der Waals surface area contributed by atoms with E-state index >= 15 is 0 Å². The highest BCUT2D eigenvalue weighted by Crippen LogP contribution is 2.22. The van der Waals surface area contributed by atoms with Gasteiger partial charge in [0.2, 0.25) is 0 Å². The van der Waals surface area contributed by atoms with Gasteiger partial charge in [-0.1, -0.05) is 35.7 Å². The van der Waals surface area contributed by atoms with Crippen LogP contribution in [0.4, 0.5) is 0 Å². The van der Waals surface area contributed by atoms with Crippen LogP contribution >= 0.6 is 11.3 Å². The molecule has 0 fully saturated rings. The van der Waals surface area contributed by atoms with Crippen LogP contribution in [-0.2, 0) is 6.54 Å². The fraction of sp³-hybridized carbons (Fsp3) is 0.158. The van der Waals surface area contributed by atoms with Crippen LogP contribution in [0.25, 0.3) is 10.7 Å². The fourth-order valence-corrected chi connectivity index (χ4v) is 3.04. The molecule has 5 nitrogen and oxygen atoms in total. The van der Waals surface area contributed by atoms with Gasteiger partial charge in [-0.3, -0.25) is 14.8 Å². The molecule has 0 saturated heterocycles. The molecule has 2 heterocycles. The first-order valence-electron chi connectivity index (χ1n) is 7.67. The van der Waals surface area contributed by atoms with Gasteiger partial charge in [-0.05, 0) is 12.5 Å². The first-order chi connectivity index (χ1) is 12.2. The zero-order chi connectivity index (χ0) is 17.6. The molecular formula is C19H16N4OS. The first kappa shape index (κ1) is 16.8. The Bertz CT molecular complexity index is 897. The highest BCUT2D eigenvalue weighted by Gasteiger charge is 2.19. The zero-order valence-corrected chi connectivity index (χ0v) is 14.5. The predicted octanol–water partition coefficient (Wildman–Crippen LogP) is 3.18. The van der Waals surface area contributed by atoms with E-state index in [1.54, 1.807) is 28.9 Å². The van der Waals surface area contributed by atoms with Crippen LogP contribution in [0.3, 0.4) is 0 Å². The number of carbonyl (C=O) groups excluding carboxylic acids is 1. The number of hydrogen-bond acceptors (Lipinski definition) is 5. The number of aryl methyl sites for hydroxylation is 1. The molecule has 124 valence electrons. The number of rotatable bonds is 5. The molecule has 0 N–H and O–H groups in total. The Labute approximate surface area is 150 Å². The molecule has 0 unspecified atom stereocenters. The molecule has 0 bridgehead atoms. The third kappa shape index (κ3) is 4.08. The number of aromatic nitrogens is 3. The summed E-state index contributed by atoms with van der Waals surface area (Å²) in [6, 6.07) is 8.03. The molecule has 0 aliphatic carbocycles. The highest BCUT2D eigenvalue weighted by molar-refractivity contribution is 7.13. The molecule has 1 aromatic carbocycles. The largest absolute Gasteiger partial charge is 0.322 e. The van der Waals surface area contributed by atoms with E-state index in [-0.39, 0.29) is 12.5 Å². The van der Waals surface area contributed by atoms with Gasteiger partial charge in [0.15, 0.2) is 0 Å².